The van der Waals surface area contributed by atoms with Crippen LogP contribution in [0, 0.1) is 11.3 Å². The predicted molar refractivity (Wildman–Crippen MR) is 68.4 cm³/mol. The van der Waals surface area contributed by atoms with Crippen molar-refractivity contribution in [1.82, 2.24) is 0 Å². The van der Waals surface area contributed by atoms with Crippen molar-refractivity contribution in [1.29, 1.82) is 0 Å². The molecule has 86 valence electrons. The largest absolute Gasteiger partial charge is 0.330 e. The molecule has 0 aliphatic rings. The van der Waals surface area contributed by atoms with E-state index in [0.29, 0.717) is 17.9 Å². The van der Waals surface area contributed by atoms with E-state index in [1.54, 1.807) is 0 Å². The third-order valence-corrected chi connectivity index (χ3v) is 3.92. The first-order chi connectivity index (χ1) is 6.28. The number of hydrogen-bond donors (Lipinski definition) is 2. The molecule has 3 atom stereocenters. The number of rotatable bonds is 6. The van der Waals surface area contributed by atoms with Gasteiger partial charge >= 0.3 is 0 Å². The molecule has 0 radical (unpaired) electrons. The lowest BCUT2D eigenvalue weighted by molar-refractivity contribution is 0.129. The van der Waals surface area contributed by atoms with Crippen molar-refractivity contribution in [2.75, 3.05) is 12.7 Å². The van der Waals surface area contributed by atoms with E-state index in [4.69, 9.17) is 11.5 Å². The minimum atomic E-state index is -0.141. The summed E-state index contributed by atoms with van der Waals surface area (Å²) in [5, 5.41) is 0. The Morgan fingerprint density at radius 1 is 1.21 bits per heavy atom. The summed E-state index contributed by atoms with van der Waals surface area (Å²) in [6, 6.07) is 0. The molecule has 3 heteroatoms. The van der Waals surface area contributed by atoms with Crippen LogP contribution in [0.1, 0.15) is 40.5 Å². The Morgan fingerprint density at radius 2 is 1.71 bits per heavy atom. The third-order valence-electron chi connectivity index (χ3n) is 3.63. The van der Waals surface area contributed by atoms with E-state index in [1.165, 1.54) is 6.42 Å². The Hall–Kier alpha value is 0.350. The molecule has 0 aliphatic carbocycles. The van der Waals surface area contributed by atoms with Crippen LogP contribution in [0.2, 0.25) is 0 Å². The Kier molecular flexibility index (Phi) is 5.57. The summed E-state index contributed by atoms with van der Waals surface area (Å²) in [6.45, 7) is 9.63. The zero-order chi connectivity index (χ0) is 11.4. The fourth-order valence-electron chi connectivity index (χ4n) is 2.01. The highest BCUT2D eigenvalue weighted by Gasteiger charge is 2.36. The summed E-state index contributed by atoms with van der Waals surface area (Å²) in [4.78, 5) is 0. The molecule has 0 fully saturated rings. The van der Waals surface area contributed by atoms with Crippen molar-refractivity contribution in [3.05, 3.63) is 0 Å². The SMILES string of the molecule is CC(C(C)(C)CCP)C(C)(N)CCN. The van der Waals surface area contributed by atoms with Crippen LogP contribution in [-0.2, 0) is 0 Å². The predicted octanol–water partition coefficient (Wildman–Crippen LogP) is 1.98. The smallest absolute Gasteiger partial charge is 0.0168 e. The quantitative estimate of drug-likeness (QED) is 0.670. The Morgan fingerprint density at radius 3 is 2.07 bits per heavy atom. The second kappa shape index (κ2) is 5.44. The second-order valence-corrected chi connectivity index (χ2v) is 5.87. The van der Waals surface area contributed by atoms with Gasteiger partial charge in [0, 0.05) is 5.54 Å². The molecule has 0 spiro atoms. The highest BCUT2D eigenvalue weighted by molar-refractivity contribution is 7.16. The van der Waals surface area contributed by atoms with Gasteiger partial charge in [0.2, 0.25) is 0 Å². The van der Waals surface area contributed by atoms with Gasteiger partial charge in [0.15, 0.2) is 0 Å². The minimum Gasteiger partial charge on any atom is -0.330 e. The highest BCUT2D eigenvalue weighted by atomic mass is 31.0. The highest BCUT2D eigenvalue weighted by Crippen LogP contribution is 2.38. The molecule has 4 N–H and O–H groups in total. The molecule has 0 amide bonds. The summed E-state index contributed by atoms with van der Waals surface area (Å²) in [5.74, 6) is 0.485. The molecule has 0 saturated heterocycles. The van der Waals surface area contributed by atoms with Crippen molar-refractivity contribution < 1.29 is 0 Å². The molecule has 0 heterocycles. The van der Waals surface area contributed by atoms with Crippen molar-refractivity contribution in [3.63, 3.8) is 0 Å². The molecule has 3 unspecified atom stereocenters. The molecule has 0 aromatic heterocycles. The molecule has 0 aromatic rings. The van der Waals surface area contributed by atoms with Gasteiger partial charge in [0.1, 0.15) is 0 Å². The van der Waals surface area contributed by atoms with E-state index in [9.17, 15) is 0 Å². The molecule has 0 bridgehead atoms. The summed E-state index contributed by atoms with van der Waals surface area (Å²) < 4.78 is 0. The van der Waals surface area contributed by atoms with Crippen molar-refractivity contribution >= 4 is 9.24 Å². The lowest BCUT2D eigenvalue weighted by Crippen LogP contribution is -2.50. The standard InChI is InChI=1S/C11H27N2P/c1-9(10(2,3)6-8-14)11(4,13)5-7-12/h9H,5-8,12-14H2,1-4H3. The third kappa shape index (κ3) is 3.84. The monoisotopic (exact) mass is 218 g/mol. The van der Waals surface area contributed by atoms with Crippen molar-refractivity contribution in [2.45, 2.75) is 46.1 Å². The molecule has 0 aromatic carbocycles. The first-order valence-electron chi connectivity index (χ1n) is 5.47. The van der Waals surface area contributed by atoms with Gasteiger partial charge in [-0.2, -0.15) is 0 Å². The summed E-state index contributed by atoms with van der Waals surface area (Å²) in [6.07, 6.45) is 3.22. The summed E-state index contributed by atoms with van der Waals surface area (Å²) in [5.41, 5.74) is 12.0. The van der Waals surface area contributed by atoms with Crippen LogP contribution < -0.4 is 11.5 Å². The van der Waals surface area contributed by atoms with Gasteiger partial charge < -0.3 is 11.5 Å². The second-order valence-electron chi connectivity index (χ2n) is 5.29. The molecular formula is C11H27N2P. The number of hydrogen-bond acceptors (Lipinski definition) is 2. The lowest BCUT2D eigenvalue weighted by Gasteiger charge is -2.42. The molecular weight excluding hydrogens is 191 g/mol. The maximum Gasteiger partial charge on any atom is 0.0168 e. The number of nitrogens with two attached hydrogens (primary N) is 2. The van der Waals surface area contributed by atoms with Gasteiger partial charge in [-0.3, -0.25) is 0 Å². The normalized spacial score (nSPS) is 19.1. The molecule has 0 aliphatic heterocycles. The van der Waals surface area contributed by atoms with Crippen molar-refractivity contribution in [2.24, 2.45) is 22.8 Å². The van der Waals surface area contributed by atoms with Crippen LogP contribution >= 0.6 is 9.24 Å². The molecule has 0 saturated carbocycles. The summed E-state index contributed by atoms with van der Waals surface area (Å²) in [7, 11) is 2.79. The van der Waals surface area contributed by atoms with Crippen LogP contribution in [0.5, 0.6) is 0 Å². The Balaban J connectivity index is 4.49. The van der Waals surface area contributed by atoms with Gasteiger partial charge in [0.05, 0.1) is 0 Å². The fourth-order valence-corrected chi connectivity index (χ4v) is 2.75. The van der Waals surface area contributed by atoms with Crippen LogP contribution in [0.4, 0.5) is 0 Å². The first-order valence-corrected chi connectivity index (χ1v) is 6.28. The van der Waals surface area contributed by atoms with Crippen LogP contribution in [-0.4, -0.2) is 18.2 Å². The van der Waals surface area contributed by atoms with Gasteiger partial charge in [-0.1, -0.05) is 20.8 Å². The van der Waals surface area contributed by atoms with Crippen molar-refractivity contribution in [3.8, 4) is 0 Å². The average Bonchev–Trinajstić information content (AvgIpc) is 2.02. The van der Waals surface area contributed by atoms with Crippen LogP contribution in [0.15, 0.2) is 0 Å². The van der Waals surface area contributed by atoms with Gasteiger partial charge in [-0.05, 0) is 43.8 Å². The molecule has 2 nitrogen and oxygen atoms in total. The average molecular weight is 218 g/mol. The summed E-state index contributed by atoms with van der Waals surface area (Å²) >= 11 is 0. The van der Waals surface area contributed by atoms with E-state index in [1.807, 2.05) is 0 Å². The zero-order valence-corrected chi connectivity index (χ0v) is 11.3. The maximum absolute atomic E-state index is 6.30. The van der Waals surface area contributed by atoms with E-state index in [0.717, 1.165) is 12.6 Å². The van der Waals surface area contributed by atoms with Crippen LogP contribution in [0.25, 0.3) is 0 Å². The van der Waals surface area contributed by atoms with Gasteiger partial charge in [0.25, 0.3) is 0 Å². The van der Waals surface area contributed by atoms with Crippen LogP contribution in [0.3, 0.4) is 0 Å². The van der Waals surface area contributed by atoms with E-state index in [-0.39, 0.29) is 5.54 Å². The van der Waals surface area contributed by atoms with Gasteiger partial charge in [-0.15, -0.1) is 9.24 Å². The fraction of sp³-hybridized carbons (Fsp3) is 1.00. The Labute approximate surface area is 91.4 Å². The Bertz CT molecular complexity index is 149. The molecule has 14 heavy (non-hydrogen) atoms. The zero-order valence-electron chi connectivity index (χ0n) is 10.1. The van der Waals surface area contributed by atoms with E-state index >= 15 is 0 Å². The minimum absolute atomic E-state index is 0.141. The van der Waals surface area contributed by atoms with Gasteiger partial charge in [-0.25, -0.2) is 0 Å². The maximum atomic E-state index is 6.30. The topological polar surface area (TPSA) is 52.0 Å². The van der Waals surface area contributed by atoms with E-state index in [2.05, 4.69) is 36.9 Å². The lowest BCUT2D eigenvalue weighted by atomic mass is 9.67. The molecule has 0 rings (SSSR count). The first kappa shape index (κ1) is 14.3. The van der Waals surface area contributed by atoms with E-state index < -0.39 is 0 Å².